The Balaban J connectivity index is 1.74. The highest BCUT2D eigenvalue weighted by molar-refractivity contribution is 5.82. The number of H-pyrrole nitrogens is 1. The maximum absolute atomic E-state index is 12.5. The number of aryl methyl sites for hydroxylation is 1. The second kappa shape index (κ2) is 5.35. The number of hydrogen-bond acceptors (Lipinski definition) is 5. The molecule has 0 saturated heterocycles. The van der Waals surface area contributed by atoms with E-state index in [-0.39, 0.29) is 5.56 Å². The van der Waals surface area contributed by atoms with Crippen molar-refractivity contribution in [2.24, 2.45) is 7.05 Å². The number of hydrogen-bond donors (Lipinski definition) is 1. The van der Waals surface area contributed by atoms with Gasteiger partial charge in [0.25, 0.3) is 5.56 Å². The lowest BCUT2D eigenvalue weighted by atomic mass is 10.1. The molecule has 0 bridgehead atoms. The maximum Gasteiger partial charge on any atom is 0.274 e. The van der Waals surface area contributed by atoms with Gasteiger partial charge >= 0.3 is 0 Å². The lowest BCUT2D eigenvalue weighted by molar-refractivity contribution is 0.736. The Bertz CT molecular complexity index is 1310. The molecule has 0 aliphatic carbocycles. The van der Waals surface area contributed by atoms with Crippen LogP contribution in [0.4, 0.5) is 0 Å². The molecular formula is C18H13N7O. The van der Waals surface area contributed by atoms with Crippen molar-refractivity contribution in [3.05, 3.63) is 65.2 Å². The maximum atomic E-state index is 12.5. The molecule has 0 amide bonds. The van der Waals surface area contributed by atoms with Crippen molar-refractivity contribution in [2.75, 3.05) is 0 Å². The molecule has 4 heterocycles. The molecule has 5 aromatic rings. The van der Waals surface area contributed by atoms with Gasteiger partial charge in [-0.2, -0.15) is 9.61 Å². The number of nitrogens with zero attached hydrogens (tertiary/aromatic N) is 6. The number of fused-ring (bicyclic) bond motifs is 2. The summed E-state index contributed by atoms with van der Waals surface area (Å²) in [4.78, 5) is 20.2. The molecule has 8 nitrogen and oxygen atoms in total. The molecule has 1 N–H and O–H groups in total. The van der Waals surface area contributed by atoms with Crippen LogP contribution in [-0.2, 0) is 7.05 Å². The molecule has 8 heteroatoms. The zero-order chi connectivity index (χ0) is 17.7. The van der Waals surface area contributed by atoms with Gasteiger partial charge in [0.2, 0.25) is 0 Å². The predicted molar refractivity (Wildman–Crippen MR) is 96.5 cm³/mol. The first-order valence-corrected chi connectivity index (χ1v) is 8.03. The highest BCUT2D eigenvalue weighted by Crippen LogP contribution is 2.24. The summed E-state index contributed by atoms with van der Waals surface area (Å²) in [7, 11) is 1.84. The highest BCUT2D eigenvalue weighted by Gasteiger charge is 2.13. The van der Waals surface area contributed by atoms with Gasteiger partial charge in [0, 0.05) is 24.9 Å². The van der Waals surface area contributed by atoms with E-state index in [0.717, 1.165) is 27.9 Å². The summed E-state index contributed by atoms with van der Waals surface area (Å²) >= 11 is 0. The van der Waals surface area contributed by atoms with Crippen LogP contribution in [-0.4, -0.2) is 34.6 Å². The first-order chi connectivity index (χ1) is 12.7. The molecule has 26 heavy (non-hydrogen) atoms. The van der Waals surface area contributed by atoms with Crippen molar-refractivity contribution in [3.63, 3.8) is 0 Å². The number of benzene rings is 1. The van der Waals surface area contributed by atoms with Crippen molar-refractivity contribution >= 4 is 16.7 Å². The normalized spacial score (nSPS) is 11.4. The summed E-state index contributed by atoms with van der Waals surface area (Å²) in [6, 6.07) is 12.9. The minimum atomic E-state index is -0.213. The molecule has 0 aliphatic rings. The van der Waals surface area contributed by atoms with Crippen LogP contribution in [0.25, 0.3) is 39.2 Å². The molecule has 4 aromatic heterocycles. The molecule has 0 unspecified atom stereocenters. The summed E-state index contributed by atoms with van der Waals surface area (Å²) in [6.07, 6.45) is 3.36. The molecular weight excluding hydrogens is 330 g/mol. The summed E-state index contributed by atoms with van der Waals surface area (Å²) in [5.41, 5.74) is 5.14. The van der Waals surface area contributed by atoms with Gasteiger partial charge in [0.1, 0.15) is 11.2 Å². The van der Waals surface area contributed by atoms with E-state index in [9.17, 15) is 4.79 Å². The van der Waals surface area contributed by atoms with Crippen LogP contribution in [0.15, 0.2) is 59.7 Å². The van der Waals surface area contributed by atoms with E-state index in [0.29, 0.717) is 11.3 Å². The van der Waals surface area contributed by atoms with Crippen LogP contribution in [0.5, 0.6) is 0 Å². The number of pyridine rings is 1. The van der Waals surface area contributed by atoms with Crippen LogP contribution >= 0.6 is 0 Å². The van der Waals surface area contributed by atoms with Gasteiger partial charge in [-0.1, -0.05) is 17.3 Å². The van der Waals surface area contributed by atoms with Crippen molar-refractivity contribution in [3.8, 4) is 22.5 Å². The van der Waals surface area contributed by atoms with Crippen molar-refractivity contribution in [1.29, 1.82) is 0 Å². The fourth-order valence-electron chi connectivity index (χ4n) is 3.06. The Hall–Kier alpha value is -3.81. The first-order valence-electron chi connectivity index (χ1n) is 8.03. The Morgan fingerprint density at radius 3 is 2.88 bits per heavy atom. The van der Waals surface area contributed by atoms with Gasteiger partial charge in [-0.05, 0) is 24.3 Å². The average molecular weight is 343 g/mol. The summed E-state index contributed by atoms with van der Waals surface area (Å²) < 4.78 is 3.05. The minimum absolute atomic E-state index is 0.213. The van der Waals surface area contributed by atoms with Crippen LogP contribution in [0.2, 0.25) is 0 Å². The second-order valence-corrected chi connectivity index (χ2v) is 5.97. The number of aromatic amines is 1. The molecule has 0 radical (unpaired) electrons. The molecule has 5 rings (SSSR count). The zero-order valence-corrected chi connectivity index (χ0v) is 13.8. The zero-order valence-electron chi connectivity index (χ0n) is 13.8. The molecule has 0 aliphatic heterocycles. The number of rotatable bonds is 2. The van der Waals surface area contributed by atoms with Gasteiger partial charge < -0.3 is 4.98 Å². The summed E-state index contributed by atoms with van der Waals surface area (Å²) in [5.74, 6) is 0. The fraction of sp³-hybridized carbons (Fsp3) is 0.0556. The smallest absolute Gasteiger partial charge is 0.274 e. The third-order valence-corrected chi connectivity index (χ3v) is 4.36. The molecule has 0 saturated carbocycles. The largest absolute Gasteiger partial charge is 0.339 e. The standard InChI is InChI=1S/C18H13N7O/c1-24-16-6-5-11(8-15(16)22-23-24)14-9-17(26)25-18(21-14)12(10-20-25)13-4-2-3-7-19-13/h2-10,21H,1H3. The third kappa shape index (κ3) is 2.12. The lowest BCUT2D eigenvalue weighted by Crippen LogP contribution is -2.14. The quantitative estimate of drug-likeness (QED) is 0.529. The third-order valence-electron chi connectivity index (χ3n) is 4.36. The summed E-state index contributed by atoms with van der Waals surface area (Å²) in [5, 5.41) is 12.3. The van der Waals surface area contributed by atoms with Crippen molar-refractivity contribution in [1.82, 2.24) is 34.6 Å². The van der Waals surface area contributed by atoms with Crippen molar-refractivity contribution < 1.29 is 0 Å². The van der Waals surface area contributed by atoms with E-state index >= 15 is 0 Å². The molecule has 0 spiro atoms. The predicted octanol–water partition coefficient (Wildman–Crippen LogP) is 2.03. The molecule has 0 atom stereocenters. The Morgan fingerprint density at radius 2 is 2.04 bits per heavy atom. The first kappa shape index (κ1) is 14.5. The van der Waals surface area contributed by atoms with Gasteiger partial charge in [-0.25, -0.2) is 4.68 Å². The minimum Gasteiger partial charge on any atom is -0.339 e. The monoisotopic (exact) mass is 343 g/mol. The van der Waals surface area contributed by atoms with E-state index < -0.39 is 0 Å². The van der Waals surface area contributed by atoms with E-state index in [1.165, 1.54) is 10.6 Å². The fourth-order valence-corrected chi connectivity index (χ4v) is 3.06. The van der Waals surface area contributed by atoms with E-state index in [2.05, 4.69) is 25.4 Å². The lowest BCUT2D eigenvalue weighted by Gasteiger charge is -2.05. The Morgan fingerprint density at radius 1 is 1.12 bits per heavy atom. The Labute approximate surface area is 146 Å². The summed E-state index contributed by atoms with van der Waals surface area (Å²) in [6.45, 7) is 0. The van der Waals surface area contributed by atoms with Gasteiger partial charge in [0.15, 0.2) is 0 Å². The highest BCUT2D eigenvalue weighted by atomic mass is 16.1. The Kier molecular flexibility index (Phi) is 2.99. The molecule has 126 valence electrons. The SMILES string of the molecule is Cn1nnc2cc(-c3cc(=O)n4ncc(-c5ccccn5)c4[nH]3)ccc21. The number of aromatic nitrogens is 7. The van der Waals surface area contributed by atoms with E-state index in [1.54, 1.807) is 17.1 Å². The molecule has 0 fully saturated rings. The van der Waals surface area contributed by atoms with Gasteiger partial charge in [-0.15, -0.1) is 5.10 Å². The van der Waals surface area contributed by atoms with Crippen LogP contribution in [0.3, 0.4) is 0 Å². The van der Waals surface area contributed by atoms with Gasteiger partial charge in [0.05, 0.1) is 28.7 Å². The van der Waals surface area contributed by atoms with Crippen LogP contribution < -0.4 is 5.56 Å². The number of nitrogens with one attached hydrogen (secondary N) is 1. The average Bonchev–Trinajstić information content (AvgIpc) is 3.26. The van der Waals surface area contributed by atoms with Crippen LogP contribution in [0, 0.1) is 0 Å². The second-order valence-electron chi connectivity index (χ2n) is 5.97. The van der Waals surface area contributed by atoms with Crippen LogP contribution in [0.1, 0.15) is 0 Å². The van der Waals surface area contributed by atoms with Crippen molar-refractivity contribution in [2.45, 2.75) is 0 Å². The topological polar surface area (TPSA) is 93.8 Å². The van der Waals surface area contributed by atoms with E-state index in [4.69, 9.17) is 0 Å². The van der Waals surface area contributed by atoms with Gasteiger partial charge in [-0.3, -0.25) is 9.78 Å². The molecule has 1 aromatic carbocycles. The van der Waals surface area contributed by atoms with E-state index in [1.807, 2.05) is 43.4 Å².